The quantitative estimate of drug-likeness (QED) is 0.191. The van der Waals surface area contributed by atoms with Gasteiger partial charge in [0.2, 0.25) is 0 Å². The molecule has 0 saturated heterocycles. The molecule has 0 aliphatic heterocycles. The van der Waals surface area contributed by atoms with E-state index < -0.39 is 12.2 Å². The van der Waals surface area contributed by atoms with E-state index in [1.807, 2.05) is 0 Å². The van der Waals surface area contributed by atoms with Crippen molar-refractivity contribution in [1.29, 1.82) is 0 Å². The Bertz CT molecular complexity index is 281. The van der Waals surface area contributed by atoms with Crippen LogP contribution >= 0.6 is 0 Å². The first kappa shape index (κ1) is 27.8. The van der Waals surface area contributed by atoms with Crippen LogP contribution in [-0.2, 0) is 0 Å². The fourth-order valence-electron chi connectivity index (χ4n) is 3.77. The van der Waals surface area contributed by atoms with Crippen LogP contribution in [0.5, 0.6) is 0 Å². The zero-order valence-corrected chi connectivity index (χ0v) is 18.8. The van der Waals surface area contributed by atoms with Gasteiger partial charge in [-0.15, -0.1) is 0 Å². The van der Waals surface area contributed by atoms with Crippen LogP contribution in [0.15, 0.2) is 0 Å². The molecule has 0 fully saturated rings. The van der Waals surface area contributed by atoms with E-state index in [2.05, 4.69) is 13.8 Å². The van der Waals surface area contributed by atoms with Crippen molar-refractivity contribution < 1.29 is 20.4 Å². The maximum absolute atomic E-state index is 10.1. The summed E-state index contributed by atoms with van der Waals surface area (Å²) in [6.45, 7) is 4.40. The highest BCUT2D eigenvalue weighted by atomic mass is 16.3. The molecule has 0 rings (SSSR count). The number of rotatable bonds is 21. The normalized spacial score (nSPS) is 16.1. The van der Waals surface area contributed by atoms with Crippen molar-refractivity contribution in [3.05, 3.63) is 0 Å². The smallest absolute Gasteiger partial charge is 0.0799 e. The van der Waals surface area contributed by atoms with Crippen molar-refractivity contribution in [3.63, 3.8) is 0 Å². The monoisotopic (exact) mass is 402 g/mol. The number of hydrogen-bond donors (Lipinski definition) is 4. The minimum atomic E-state index is -0.719. The first-order valence-corrected chi connectivity index (χ1v) is 12.2. The van der Waals surface area contributed by atoms with Crippen LogP contribution in [0.4, 0.5) is 0 Å². The standard InChI is InChI=1S/C24H50O4/c1-3-5-7-9-11-15-21(25)17-13-19-23(27)24(28)20-14-18-22(26)16-12-10-8-6-4-2/h21-28H,3-20H2,1-2H3. The summed E-state index contributed by atoms with van der Waals surface area (Å²) in [5.74, 6) is 0. The van der Waals surface area contributed by atoms with Gasteiger partial charge >= 0.3 is 0 Å². The van der Waals surface area contributed by atoms with Crippen LogP contribution in [-0.4, -0.2) is 44.8 Å². The molecule has 4 N–H and O–H groups in total. The van der Waals surface area contributed by atoms with Gasteiger partial charge in [-0.2, -0.15) is 0 Å². The van der Waals surface area contributed by atoms with Gasteiger partial charge in [-0.25, -0.2) is 0 Å². The fourth-order valence-corrected chi connectivity index (χ4v) is 3.77. The highest BCUT2D eigenvalue weighted by Crippen LogP contribution is 2.17. The van der Waals surface area contributed by atoms with Crippen LogP contribution < -0.4 is 0 Å². The van der Waals surface area contributed by atoms with Crippen LogP contribution in [0, 0.1) is 0 Å². The Morgan fingerprint density at radius 2 is 0.714 bits per heavy atom. The van der Waals surface area contributed by atoms with E-state index in [0.717, 1.165) is 38.5 Å². The Morgan fingerprint density at radius 3 is 1.07 bits per heavy atom. The summed E-state index contributed by atoms with van der Waals surface area (Å²) in [6, 6.07) is 0. The molecule has 4 heteroatoms. The van der Waals surface area contributed by atoms with E-state index >= 15 is 0 Å². The lowest BCUT2D eigenvalue weighted by atomic mass is 9.98. The topological polar surface area (TPSA) is 80.9 Å². The lowest BCUT2D eigenvalue weighted by Gasteiger charge is -2.19. The summed E-state index contributed by atoms with van der Waals surface area (Å²) < 4.78 is 0. The van der Waals surface area contributed by atoms with E-state index in [1.54, 1.807) is 0 Å². The molecule has 0 spiro atoms. The second kappa shape index (κ2) is 20.1. The van der Waals surface area contributed by atoms with Crippen molar-refractivity contribution in [2.75, 3.05) is 0 Å². The summed E-state index contributed by atoms with van der Waals surface area (Å²) in [5.41, 5.74) is 0. The van der Waals surface area contributed by atoms with E-state index in [4.69, 9.17) is 0 Å². The first-order chi connectivity index (χ1) is 13.5. The largest absolute Gasteiger partial charge is 0.393 e. The molecular formula is C24H50O4. The molecule has 0 aromatic rings. The Hall–Kier alpha value is -0.160. The third kappa shape index (κ3) is 17.9. The lowest BCUT2D eigenvalue weighted by Crippen LogP contribution is -2.26. The molecule has 0 radical (unpaired) electrons. The number of aliphatic hydroxyl groups excluding tert-OH is 4. The average molecular weight is 403 g/mol. The molecular weight excluding hydrogens is 352 g/mol. The molecule has 28 heavy (non-hydrogen) atoms. The zero-order valence-electron chi connectivity index (χ0n) is 18.8. The maximum Gasteiger partial charge on any atom is 0.0799 e. The molecule has 170 valence electrons. The van der Waals surface area contributed by atoms with Crippen molar-refractivity contribution in [1.82, 2.24) is 0 Å². The van der Waals surface area contributed by atoms with E-state index in [-0.39, 0.29) is 12.2 Å². The van der Waals surface area contributed by atoms with Crippen molar-refractivity contribution in [2.45, 2.75) is 154 Å². The van der Waals surface area contributed by atoms with Crippen LogP contribution in [0.25, 0.3) is 0 Å². The Balaban J connectivity index is 3.60. The van der Waals surface area contributed by atoms with Crippen molar-refractivity contribution in [3.8, 4) is 0 Å². The molecule has 4 atom stereocenters. The lowest BCUT2D eigenvalue weighted by molar-refractivity contribution is 0.00316. The molecule has 0 bridgehead atoms. The van der Waals surface area contributed by atoms with Gasteiger partial charge in [0.1, 0.15) is 0 Å². The Kier molecular flexibility index (Phi) is 20.0. The predicted molar refractivity (Wildman–Crippen MR) is 118 cm³/mol. The molecule has 0 saturated carbocycles. The minimum absolute atomic E-state index is 0.279. The molecule has 0 heterocycles. The third-order valence-corrected chi connectivity index (χ3v) is 5.80. The maximum atomic E-state index is 10.1. The minimum Gasteiger partial charge on any atom is -0.393 e. The highest BCUT2D eigenvalue weighted by molar-refractivity contribution is 4.70. The summed E-state index contributed by atoms with van der Waals surface area (Å²) in [5, 5.41) is 40.2. The summed E-state index contributed by atoms with van der Waals surface area (Å²) in [4.78, 5) is 0. The summed E-state index contributed by atoms with van der Waals surface area (Å²) >= 11 is 0. The van der Waals surface area contributed by atoms with Gasteiger partial charge in [0, 0.05) is 0 Å². The predicted octanol–water partition coefficient (Wildman–Crippen LogP) is 5.49. The second-order valence-electron chi connectivity index (χ2n) is 8.71. The Labute approximate surface area is 174 Å². The molecule has 4 nitrogen and oxygen atoms in total. The van der Waals surface area contributed by atoms with E-state index in [9.17, 15) is 20.4 Å². The van der Waals surface area contributed by atoms with Gasteiger partial charge in [-0.3, -0.25) is 0 Å². The number of aliphatic hydroxyl groups is 4. The first-order valence-electron chi connectivity index (χ1n) is 12.2. The number of unbranched alkanes of at least 4 members (excludes halogenated alkanes) is 8. The average Bonchev–Trinajstić information content (AvgIpc) is 2.67. The Morgan fingerprint density at radius 1 is 0.393 bits per heavy atom. The van der Waals surface area contributed by atoms with Gasteiger partial charge < -0.3 is 20.4 Å². The highest BCUT2D eigenvalue weighted by Gasteiger charge is 2.17. The third-order valence-electron chi connectivity index (χ3n) is 5.80. The van der Waals surface area contributed by atoms with Gasteiger partial charge in [-0.1, -0.05) is 78.1 Å². The van der Waals surface area contributed by atoms with Crippen molar-refractivity contribution in [2.24, 2.45) is 0 Å². The van der Waals surface area contributed by atoms with Gasteiger partial charge in [0.15, 0.2) is 0 Å². The van der Waals surface area contributed by atoms with E-state index in [1.165, 1.54) is 51.4 Å². The second-order valence-corrected chi connectivity index (χ2v) is 8.71. The molecule has 0 amide bonds. The molecule has 4 unspecified atom stereocenters. The van der Waals surface area contributed by atoms with Gasteiger partial charge in [0.05, 0.1) is 24.4 Å². The SMILES string of the molecule is CCCCCCCC(O)CCCC(O)C(O)CCCC(O)CCCCCCC. The molecule has 0 aliphatic carbocycles. The molecule has 0 aliphatic rings. The van der Waals surface area contributed by atoms with E-state index in [0.29, 0.717) is 25.7 Å². The molecule has 0 aromatic carbocycles. The van der Waals surface area contributed by atoms with Gasteiger partial charge in [0.25, 0.3) is 0 Å². The van der Waals surface area contributed by atoms with Crippen molar-refractivity contribution >= 4 is 0 Å². The molecule has 0 aromatic heterocycles. The summed E-state index contributed by atoms with van der Waals surface area (Å²) in [7, 11) is 0. The van der Waals surface area contributed by atoms with Crippen LogP contribution in [0.3, 0.4) is 0 Å². The van der Waals surface area contributed by atoms with Crippen LogP contribution in [0.1, 0.15) is 129 Å². The number of hydrogen-bond acceptors (Lipinski definition) is 4. The fraction of sp³-hybridized carbons (Fsp3) is 1.00. The zero-order chi connectivity index (χ0) is 21.0. The summed E-state index contributed by atoms with van der Waals surface area (Å²) in [6.07, 6.45) is 15.7. The van der Waals surface area contributed by atoms with Crippen LogP contribution in [0.2, 0.25) is 0 Å². The van der Waals surface area contributed by atoms with Gasteiger partial charge in [-0.05, 0) is 51.4 Å².